The number of anilines is 1. The number of rotatable bonds is 7. The van der Waals surface area contributed by atoms with Crippen molar-refractivity contribution in [2.24, 2.45) is 0 Å². The number of likely N-dealkylation sites (tertiary alicyclic amines) is 1. The first kappa shape index (κ1) is 26.3. The Morgan fingerprint density at radius 1 is 1.05 bits per heavy atom. The zero-order valence-corrected chi connectivity index (χ0v) is 22.5. The van der Waals surface area contributed by atoms with E-state index >= 15 is 0 Å². The largest absolute Gasteiger partial charge is 0.465 e. The lowest BCUT2D eigenvalue weighted by atomic mass is 10.0. The van der Waals surface area contributed by atoms with Crippen LogP contribution in [0.25, 0.3) is 16.8 Å². The zero-order valence-electron chi connectivity index (χ0n) is 22.5. The van der Waals surface area contributed by atoms with Gasteiger partial charge in [0.05, 0.1) is 12.0 Å². The minimum Gasteiger partial charge on any atom is -0.465 e. The standard InChI is InChI=1S/C30H30N6O5/c1-19-14-36(17-32-19)25-10-20(15-35-8-2-3-23(16-35)34-30(38)39)9-24(13-25)33-29(37)26-11-22(6-7-31-26)21-4-5-27-28(12-21)41-18-40-27/h4-7,9-14,17,23,34H,2-3,8,15-16,18H2,1H3,(H,33,37)(H,38,39)/t23-/m0/s1. The predicted octanol–water partition coefficient (Wildman–Crippen LogP) is 4.46. The van der Waals surface area contributed by atoms with Gasteiger partial charge in [0.2, 0.25) is 6.79 Å². The minimum atomic E-state index is -1.00. The molecule has 2 aliphatic heterocycles. The van der Waals surface area contributed by atoms with Gasteiger partial charge in [-0.25, -0.2) is 9.78 Å². The third-order valence-electron chi connectivity index (χ3n) is 7.18. The molecule has 4 heterocycles. The molecule has 41 heavy (non-hydrogen) atoms. The van der Waals surface area contributed by atoms with Gasteiger partial charge in [-0.3, -0.25) is 14.7 Å². The Morgan fingerprint density at radius 3 is 2.73 bits per heavy atom. The van der Waals surface area contributed by atoms with Crippen LogP contribution in [-0.4, -0.2) is 62.5 Å². The molecule has 3 N–H and O–H groups in total. The number of carbonyl (C=O) groups excluding carboxylic acids is 1. The van der Waals surface area contributed by atoms with Gasteiger partial charge in [-0.05, 0) is 85.5 Å². The molecular formula is C30H30N6O5. The third-order valence-corrected chi connectivity index (χ3v) is 7.18. The van der Waals surface area contributed by atoms with Gasteiger partial charge in [-0.1, -0.05) is 6.07 Å². The van der Waals surface area contributed by atoms with Crippen molar-refractivity contribution in [3.63, 3.8) is 0 Å². The van der Waals surface area contributed by atoms with Gasteiger partial charge >= 0.3 is 6.09 Å². The summed E-state index contributed by atoms with van der Waals surface area (Å²) in [7, 11) is 0. The molecule has 2 aromatic carbocycles. The fraction of sp³-hybridized carbons (Fsp3) is 0.267. The normalized spacial score (nSPS) is 16.4. The lowest BCUT2D eigenvalue weighted by molar-refractivity contribution is 0.102. The highest BCUT2D eigenvalue weighted by Gasteiger charge is 2.22. The second kappa shape index (κ2) is 11.3. The molecule has 1 saturated heterocycles. The molecule has 1 fully saturated rings. The maximum atomic E-state index is 13.4. The number of aromatic nitrogens is 3. The molecule has 1 atom stereocenters. The lowest BCUT2D eigenvalue weighted by Crippen LogP contribution is -2.46. The van der Waals surface area contributed by atoms with Crippen LogP contribution in [0, 0.1) is 6.92 Å². The molecule has 11 heteroatoms. The Labute approximate surface area is 236 Å². The van der Waals surface area contributed by atoms with Crippen LogP contribution in [0.1, 0.15) is 34.6 Å². The number of benzene rings is 2. The Balaban J connectivity index is 1.24. The maximum absolute atomic E-state index is 13.4. The third kappa shape index (κ3) is 6.15. The SMILES string of the molecule is Cc1cn(-c2cc(CN3CCC[C@H](NC(=O)O)C3)cc(NC(=O)c3cc(-c4ccc5c(c4)OCO5)ccn3)c2)cn1. The van der Waals surface area contributed by atoms with Gasteiger partial charge < -0.3 is 29.8 Å². The average Bonchev–Trinajstić information content (AvgIpc) is 3.61. The van der Waals surface area contributed by atoms with E-state index in [1.807, 2.05) is 54.1 Å². The van der Waals surface area contributed by atoms with E-state index in [1.165, 1.54) is 0 Å². The van der Waals surface area contributed by atoms with Crippen molar-refractivity contribution in [2.75, 3.05) is 25.2 Å². The summed E-state index contributed by atoms with van der Waals surface area (Å²) in [5, 5.41) is 14.8. The fourth-order valence-electron chi connectivity index (χ4n) is 5.30. The van der Waals surface area contributed by atoms with Crippen LogP contribution in [0.5, 0.6) is 11.5 Å². The molecule has 0 saturated carbocycles. The first-order valence-corrected chi connectivity index (χ1v) is 13.4. The lowest BCUT2D eigenvalue weighted by Gasteiger charge is -2.32. The van der Waals surface area contributed by atoms with E-state index in [-0.39, 0.29) is 24.4 Å². The van der Waals surface area contributed by atoms with Gasteiger partial charge in [0, 0.05) is 42.9 Å². The van der Waals surface area contributed by atoms with Gasteiger partial charge in [-0.2, -0.15) is 0 Å². The number of hydrogen-bond acceptors (Lipinski definition) is 7. The number of aryl methyl sites for hydroxylation is 1. The highest BCUT2D eigenvalue weighted by Crippen LogP contribution is 2.36. The molecule has 2 aliphatic rings. The van der Waals surface area contributed by atoms with Crippen LogP contribution in [0.4, 0.5) is 10.5 Å². The van der Waals surface area contributed by atoms with Crippen molar-refractivity contribution in [3.05, 3.63) is 84.2 Å². The fourth-order valence-corrected chi connectivity index (χ4v) is 5.30. The van der Waals surface area contributed by atoms with Crippen molar-refractivity contribution in [2.45, 2.75) is 32.4 Å². The van der Waals surface area contributed by atoms with Crippen LogP contribution in [0.3, 0.4) is 0 Å². The smallest absolute Gasteiger partial charge is 0.404 e. The summed E-state index contributed by atoms with van der Waals surface area (Å²) in [5.41, 5.74) is 5.36. The zero-order chi connectivity index (χ0) is 28.3. The molecule has 0 spiro atoms. The predicted molar refractivity (Wildman–Crippen MR) is 152 cm³/mol. The summed E-state index contributed by atoms with van der Waals surface area (Å²) in [4.78, 5) is 35.4. The monoisotopic (exact) mass is 554 g/mol. The molecule has 2 aromatic heterocycles. The van der Waals surface area contributed by atoms with E-state index in [0.29, 0.717) is 30.3 Å². The van der Waals surface area contributed by atoms with E-state index in [2.05, 4.69) is 31.6 Å². The molecule has 0 radical (unpaired) electrons. The number of pyridine rings is 1. The van der Waals surface area contributed by atoms with Crippen molar-refractivity contribution >= 4 is 17.7 Å². The Hall–Kier alpha value is -4.90. The highest BCUT2D eigenvalue weighted by molar-refractivity contribution is 6.03. The topological polar surface area (TPSA) is 131 Å². The summed E-state index contributed by atoms with van der Waals surface area (Å²) in [6.45, 7) is 4.22. The van der Waals surface area contributed by atoms with Gasteiger partial charge in [-0.15, -0.1) is 0 Å². The van der Waals surface area contributed by atoms with Crippen LogP contribution >= 0.6 is 0 Å². The number of piperidine rings is 1. The number of nitrogens with zero attached hydrogens (tertiary/aromatic N) is 4. The number of hydrogen-bond donors (Lipinski definition) is 3. The Bertz CT molecular complexity index is 1600. The molecule has 0 aliphatic carbocycles. The molecule has 6 rings (SSSR count). The molecule has 210 valence electrons. The van der Waals surface area contributed by atoms with Gasteiger partial charge in [0.1, 0.15) is 5.69 Å². The van der Waals surface area contributed by atoms with E-state index in [0.717, 1.165) is 47.5 Å². The number of carbonyl (C=O) groups is 2. The number of nitrogens with one attached hydrogen (secondary N) is 2. The quantitative estimate of drug-likeness (QED) is 0.305. The van der Waals surface area contributed by atoms with E-state index in [9.17, 15) is 9.59 Å². The van der Waals surface area contributed by atoms with Crippen LogP contribution in [0.2, 0.25) is 0 Å². The number of carboxylic acid groups (broad SMARTS) is 1. The molecule has 2 amide bonds. The van der Waals surface area contributed by atoms with E-state index < -0.39 is 6.09 Å². The van der Waals surface area contributed by atoms with Crippen molar-refractivity contribution < 1.29 is 24.2 Å². The summed E-state index contributed by atoms with van der Waals surface area (Å²) in [6, 6.07) is 15.1. The highest BCUT2D eigenvalue weighted by atomic mass is 16.7. The number of amides is 2. The Morgan fingerprint density at radius 2 is 1.90 bits per heavy atom. The van der Waals surface area contributed by atoms with E-state index in [4.69, 9.17) is 14.6 Å². The first-order chi connectivity index (χ1) is 19.9. The average molecular weight is 555 g/mol. The van der Waals surface area contributed by atoms with Crippen LogP contribution < -0.4 is 20.1 Å². The number of imidazole rings is 1. The summed E-state index contributed by atoms with van der Waals surface area (Å²) < 4.78 is 12.8. The second-order valence-electron chi connectivity index (χ2n) is 10.3. The molecule has 11 nitrogen and oxygen atoms in total. The van der Waals surface area contributed by atoms with Crippen molar-refractivity contribution in [3.8, 4) is 28.3 Å². The molecular weight excluding hydrogens is 524 g/mol. The number of ether oxygens (including phenoxy) is 2. The summed E-state index contributed by atoms with van der Waals surface area (Å²) in [5.74, 6) is 1.03. The maximum Gasteiger partial charge on any atom is 0.404 e. The van der Waals surface area contributed by atoms with Gasteiger partial charge in [0.25, 0.3) is 5.91 Å². The minimum absolute atomic E-state index is 0.108. The molecule has 0 bridgehead atoms. The van der Waals surface area contributed by atoms with Crippen molar-refractivity contribution in [1.82, 2.24) is 24.8 Å². The Kier molecular flexibility index (Phi) is 7.26. The second-order valence-corrected chi connectivity index (χ2v) is 10.3. The van der Waals surface area contributed by atoms with Crippen LogP contribution in [0.15, 0.2) is 67.3 Å². The summed E-state index contributed by atoms with van der Waals surface area (Å²) in [6.07, 6.45) is 5.99. The number of fused-ring (bicyclic) bond motifs is 1. The van der Waals surface area contributed by atoms with Crippen molar-refractivity contribution in [1.29, 1.82) is 0 Å². The van der Waals surface area contributed by atoms with E-state index in [1.54, 1.807) is 18.6 Å². The van der Waals surface area contributed by atoms with Crippen LogP contribution in [-0.2, 0) is 6.54 Å². The molecule has 0 unspecified atom stereocenters. The first-order valence-electron chi connectivity index (χ1n) is 13.4. The summed E-state index contributed by atoms with van der Waals surface area (Å²) >= 11 is 0. The van der Waals surface area contributed by atoms with Gasteiger partial charge in [0.15, 0.2) is 11.5 Å². The molecule has 4 aromatic rings.